The minimum absolute atomic E-state index is 0.00935. The number of hydrogen-bond acceptors (Lipinski definition) is 3. The number of amides is 2. The summed E-state index contributed by atoms with van der Waals surface area (Å²) in [6.07, 6.45) is 3.66. The zero-order chi connectivity index (χ0) is 14.8. The predicted octanol–water partition coefficient (Wildman–Crippen LogP) is 1.18. The first-order valence-electron chi connectivity index (χ1n) is 6.88. The van der Waals surface area contributed by atoms with Gasteiger partial charge in [0.2, 0.25) is 5.91 Å². The molecule has 1 aliphatic heterocycles. The van der Waals surface area contributed by atoms with Crippen molar-refractivity contribution in [3.05, 3.63) is 47.8 Å². The molecule has 0 fully saturated rings. The first kappa shape index (κ1) is 13.4. The third-order valence-corrected chi connectivity index (χ3v) is 3.49. The van der Waals surface area contributed by atoms with Gasteiger partial charge in [0.05, 0.1) is 30.5 Å². The van der Waals surface area contributed by atoms with E-state index in [0.29, 0.717) is 17.8 Å². The van der Waals surface area contributed by atoms with Crippen molar-refractivity contribution in [3.8, 4) is 0 Å². The summed E-state index contributed by atoms with van der Waals surface area (Å²) in [4.78, 5) is 25.9. The van der Waals surface area contributed by atoms with E-state index in [1.165, 1.54) is 0 Å². The Balaban J connectivity index is 1.97. The number of aromatic nitrogens is 2. The van der Waals surface area contributed by atoms with Gasteiger partial charge < -0.3 is 10.2 Å². The summed E-state index contributed by atoms with van der Waals surface area (Å²) in [5.74, 6) is -0.344. The third-order valence-electron chi connectivity index (χ3n) is 3.49. The van der Waals surface area contributed by atoms with Crippen LogP contribution in [0, 0.1) is 0 Å². The zero-order valence-electron chi connectivity index (χ0n) is 11.7. The number of nitrogens with one attached hydrogen (secondary N) is 1. The summed E-state index contributed by atoms with van der Waals surface area (Å²) in [7, 11) is 0. The van der Waals surface area contributed by atoms with Crippen molar-refractivity contribution in [2.45, 2.75) is 20.0 Å². The van der Waals surface area contributed by atoms with Gasteiger partial charge in [-0.2, -0.15) is 5.10 Å². The molecule has 1 N–H and O–H groups in total. The molecule has 0 unspecified atom stereocenters. The van der Waals surface area contributed by atoms with Crippen LogP contribution in [0.25, 0.3) is 0 Å². The van der Waals surface area contributed by atoms with Crippen LogP contribution < -0.4 is 10.2 Å². The highest BCUT2D eigenvalue weighted by atomic mass is 16.2. The second-order valence-corrected chi connectivity index (χ2v) is 4.88. The van der Waals surface area contributed by atoms with Gasteiger partial charge in [-0.25, -0.2) is 0 Å². The van der Waals surface area contributed by atoms with Crippen molar-refractivity contribution in [1.29, 1.82) is 0 Å². The Hall–Kier alpha value is -2.63. The van der Waals surface area contributed by atoms with E-state index in [9.17, 15) is 9.59 Å². The summed E-state index contributed by atoms with van der Waals surface area (Å²) in [5.41, 5.74) is 2.10. The fraction of sp³-hybridized carbons (Fsp3) is 0.267. The van der Waals surface area contributed by atoms with Crippen molar-refractivity contribution >= 4 is 17.5 Å². The number of aryl methyl sites for hydroxylation is 1. The van der Waals surface area contributed by atoms with Crippen LogP contribution in [-0.4, -0.2) is 28.1 Å². The number of para-hydroxylation sites is 1. The number of nitrogens with zero attached hydrogens (tertiary/aromatic N) is 3. The molecule has 6 nitrogen and oxygen atoms in total. The fourth-order valence-corrected chi connectivity index (χ4v) is 2.40. The molecular weight excluding hydrogens is 268 g/mol. The molecule has 3 rings (SSSR count). The largest absolute Gasteiger partial charge is 0.343 e. The number of carbonyl (C=O) groups excluding carboxylic acids is 2. The fourth-order valence-electron chi connectivity index (χ4n) is 2.40. The molecule has 1 aliphatic rings. The molecule has 0 atom stereocenters. The first-order chi connectivity index (χ1) is 10.2. The highest BCUT2D eigenvalue weighted by Gasteiger charge is 2.26. The molecule has 0 saturated heterocycles. The maximum Gasteiger partial charge on any atom is 0.253 e. The average molecular weight is 284 g/mol. The van der Waals surface area contributed by atoms with Gasteiger partial charge in [0.25, 0.3) is 5.91 Å². The molecule has 6 heteroatoms. The Bertz CT molecular complexity index is 692. The van der Waals surface area contributed by atoms with Crippen LogP contribution in [0.2, 0.25) is 0 Å². The Morgan fingerprint density at radius 1 is 1.29 bits per heavy atom. The van der Waals surface area contributed by atoms with Gasteiger partial charge in [-0.15, -0.1) is 0 Å². The van der Waals surface area contributed by atoms with Crippen LogP contribution in [0.1, 0.15) is 22.8 Å². The van der Waals surface area contributed by atoms with Crippen molar-refractivity contribution in [3.63, 3.8) is 0 Å². The highest BCUT2D eigenvalue weighted by molar-refractivity contribution is 6.09. The Morgan fingerprint density at radius 2 is 2.10 bits per heavy atom. The molecule has 0 spiro atoms. The molecular formula is C15H16N4O2. The van der Waals surface area contributed by atoms with Crippen molar-refractivity contribution in [2.24, 2.45) is 0 Å². The summed E-state index contributed by atoms with van der Waals surface area (Å²) in [6, 6.07) is 7.14. The van der Waals surface area contributed by atoms with Gasteiger partial charge in [-0.1, -0.05) is 12.1 Å². The lowest BCUT2D eigenvalue weighted by Crippen LogP contribution is -2.35. The molecule has 0 saturated carbocycles. The topological polar surface area (TPSA) is 67.2 Å². The second kappa shape index (κ2) is 5.40. The number of anilines is 1. The molecule has 0 bridgehead atoms. The standard InChI is InChI=1S/C15H16N4O2/c1-2-18-9-11(7-17-18)10-19-13-6-4-3-5-12(13)15(21)16-8-14(19)20/h3-7,9H,2,8,10H2,1H3,(H,16,21). The first-order valence-corrected chi connectivity index (χ1v) is 6.88. The lowest BCUT2D eigenvalue weighted by molar-refractivity contribution is -0.117. The smallest absolute Gasteiger partial charge is 0.253 e. The van der Waals surface area contributed by atoms with Gasteiger partial charge >= 0.3 is 0 Å². The van der Waals surface area contributed by atoms with Crippen LogP contribution in [0.4, 0.5) is 5.69 Å². The monoisotopic (exact) mass is 284 g/mol. The van der Waals surface area contributed by atoms with E-state index >= 15 is 0 Å². The molecule has 0 aliphatic carbocycles. The molecule has 2 amide bonds. The van der Waals surface area contributed by atoms with Gasteiger partial charge in [-0.05, 0) is 19.1 Å². The van der Waals surface area contributed by atoms with Crippen molar-refractivity contribution in [2.75, 3.05) is 11.4 Å². The van der Waals surface area contributed by atoms with Gasteiger partial charge in [0, 0.05) is 18.3 Å². The molecule has 21 heavy (non-hydrogen) atoms. The average Bonchev–Trinajstić information content (AvgIpc) is 2.93. The molecule has 2 aromatic rings. The maximum absolute atomic E-state index is 12.3. The van der Waals surface area contributed by atoms with E-state index < -0.39 is 0 Å². The van der Waals surface area contributed by atoms with Crippen LogP contribution >= 0.6 is 0 Å². The lowest BCUT2D eigenvalue weighted by atomic mass is 10.1. The van der Waals surface area contributed by atoms with Crippen LogP contribution in [0.5, 0.6) is 0 Å². The van der Waals surface area contributed by atoms with E-state index in [-0.39, 0.29) is 18.4 Å². The summed E-state index contributed by atoms with van der Waals surface area (Å²) in [5, 5.41) is 6.85. The van der Waals surface area contributed by atoms with Gasteiger partial charge in [0.15, 0.2) is 0 Å². The summed E-state index contributed by atoms with van der Waals surface area (Å²) < 4.78 is 1.81. The second-order valence-electron chi connectivity index (χ2n) is 4.88. The number of benzene rings is 1. The summed E-state index contributed by atoms with van der Waals surface area (Å²) >= 11 is 0. The highest BCUT2D eigenvalue weighted by Crippen LogP contribution is 2.24. The Labute approximate surface area is 122 Å². The minimum Gasteiger partial charge on any atom is -0.343 e. The van der Waals surface area contributed by atoms with Crippen molar-refractivity contribution in [1.82, 2.24) is 15.1 Å². The molecule has 1 aromatic heterocycles. The SMILES string of the molecule is CCn1cc(CN2C(=O)CNC(=O)c3ccccc32)cn1. The number of carbonyl (C=O) groups is 2. The van der Waals surface area contributed by atoms with Crippen LogP contribution in [0.15, 0.2) is 36.7 Å². The maximum atomic E-state index is 12.3. The molecule has 1 aromatic carbocycles. The van der Waals surface area contributed by atoms with E-state index in [2.05, 4.69) is 10.4 Å². The number of fused-ring (bicyclic) bond motifs is 1. The van der Waals surface area contributed by atoms with E-state index in [1.54, 1.807) is 29.3 Å². The van der Waals surface area contributed by atoms with E-state index in [0.717, 1.165) is 12.1 Å². The minimum atomic E-state index is -0.217. The lowest BCUT2D eigenvalue weighted by Gasteiger charge is -2.21. The van der Waals surface area contributed by atoms with Crippen LogP contribution in [-0.2, 0) is 17.9 Å². The number of hydrogen-bond donors (Lipinski definition) is 1. The van der Waals surface area contributed by atoms with Gasteiger partial charge in [-0.3, -0.25) is 14.3 Å². The normalized spacial score (nSPS) is 14.6. The van der Waals surface area contributed by atoms with E-state index in [1.807, 2.05) is 23.9 Å². The summed E-state index contributed by atoms with van der Waals surface area (Å²) in [6.45, 7) is 3.20. The predicted molar refractivity (Wildman–Crippen MR) is 77.9 cm³/mol. The van der Waals surface area contributed by atoms with Crippen LogP contribution in [0.3, 0.4) is 0 Å². The zero-order valence-corrected chi connectivity index (χ0v) is 11.7. The van der Waals surface area contributed by atoms with E-state index in [4.69, 9.17) is 0 Å². The Morgan fingerprint density at radius 3 is 2.86 bits per heavy atom. The Kier molecular flexibility index (Phi) is 3.43. The quantitative estimate of drug-likeness (QED) is 0.920. The number of rotatable bonds is 3. The molecule has 0 radical (unpaired) electrons. The molecule has 2 heterocycles. The third kappa shape index (κ3) is 2.52. The molecule has 108 valence electrons. The van der Waals surface area contributed by atoms with Crippen molar-refractivity contribution < 1.29 is 9.59 Å². The van der Waals surface area contributed by atoms with Gasteiger partial charge in [0.1, 0.15) is 0 Å².